The van der Waals surface area contributed by atoms with E-state index in [2.05, 4.69) is 0 Å². The highest BCUT2D eigenvalue weighted by molar-refractivity contribution is 8.00. The van der Waals surface area contributed by atoms with E-state index in [1.54, 1.807) is 0 Å². The number of carboxylic acid groups (broad SMARTS) is 1. The molecule has 0 bridgehead atoms. The van der Waals surface area contributed by atoms with Crippen LogP contribution in [0, 0.1) is 5.41 Å². The van der Waals surface area contributed by atoms with Crippen molar-refractivity contribution in [3.05, 3.63) is 0 Å². The molecule has 1 aliphatic carbocycles. The van der Waals surface area contributed by atoms with Gasteiger partial charge in [-0.15, -0.1) is 11.8 Å². The second kappa shape index (κ2) is 5.53. The average molecular weight is 285 g/mol. The number of nitrogens with zero attached hydrogens (tertiary/aromatic N) is 1. The molecule has 2 fully saturated rings. The van der Waals surface area contributed by atoms with Crippen LogP contribution in [0.25, 0.3) is 0 Å². The van der Waals surface area contributed by atoms with Crippen LogP contribution in [0.3, 0.4) is 0 Å². The Labute approximate surface area is 116 Å². The maximum absolute atomic E-state index is 12.0. The first kappa shape index (κ1) is 14.4. The van der Waals surface area contributed by atoms with Crippen molar-refractivity contribution >= 4 is 29.5 Å². The van der Waals surface area contributed by atoms with Crippen molar-refractivity contribution < 1.29 is 19.5 Å². The molecule has 1 atom stereocenters. The molecule has 2 amide bonds. The second-order valence-electron chi connectivity index (χ2n) is 5.46. The van der Waals surface area contributed by atoms with E-state index in [9.17, 15) is 14.4 Å². The van der Waals surface area contributed by atoms with Crippen molar-refractivity contribution in [2.24, 2.45) is 5.41 Å². The molecule has 6 heteroatoms. The van der Waals surface area contributed by atoms with Gasteiger partial charge in [0.05, 0.1) is 11.7 Å². The third-order valence-electron chi connectivity index (χ3n) is 3.72. The molecule has 1 saturated carbocycles. The van der Waals surface area contributed by atoms with Crippen LogP contribution in [-0.2, 0) is 14.4 Å². The normalized spacial score (nSPS) is 24.9. The molecule has 1 unspecified atom stereocenters. The lowest BCUT2D eigenvalue weighted by Crippen LogP contribution is -2.32. The van der Waals surface area contributed by atoms with Crippen molar-refractivity contribution in [2.45, 2.75) is 44.3 Å². The van der Waals surface area contributed by atoms with Crippen LogP contribution in [-0.4, -0.2) is 45.3 Å². The average Bonchev–Trinajstić information content (AvgIpc) is 3.03. The zero-order valence-corrected chi connectivity index (χ0v) is 11.9. The Morgan fingerprint density at radius 3 is 2.68 bits per heavy atom. The molecule has 0 spiro atoms. The smallest absolute Gasteiger partial charge is 0.303 e. The minimum absolute atomic E-state index is 0.0903. The number of carbonyl (C=O) groups excluding carboxylic acids is 2. The summed E-state index contributed by atoms with van der Waals surface area (Å²) in [5, 5.41) is 8.55. The van der Waals surface area contributed by atoms with E-state index in [-0.39, 0.29) is 35.3 Å². The Bertz CT molecular complexity index is 405. The highest BCUT2D eigenvalue weighted by Crippen LogP contribution is 2.52. The fourth-order valence-corrected chi connectivity index (χ4v) is 3.86. The minimum Gasteiger partial charge on any atom is -0.481 e. The second-order valence-corrected chi connectivity index (χ2v) is 6.65. The lowest BCUT2D eigenvalue weighted by Gasteiger charge is -2.16. The number of thioether (sulfide) groups is 1. The predicted octanol–water partition coefficient (Wildman–Crippen LogP) is 1.51. The summed E-state index contributed by atoms with van der Waals surface area (Å²) in [7, 11) is 0. The monoisotopic (exact) mass is 285 g/mol. The Morgan fingerprint density at radius 2 is 2.16 bits per heavy atom. The van der Waals surface area contributed by atoms with Gasteiger partial charge in [0.25, 0.3) is 0 Å². The number of rotatable bonds is 7. The standard InChI is InChI=1S/C13H19NO4S/c1-2-5-14-10(15)6-9(12(14)18)19-8-13(3-4-13)7-11(16)17/h9H,2-8H2,1H3,(H,16,17). The number of imide groups is 1. The van der Waals surface area contributed by atoms with Crippen molar-refractivity contribution in [3.63, 3.8) is 0 Å². The lowest BCUT2D eigenvalue weighted by molar-refractivity contribution is -0.139. The molecule has 0 aromatic heterocycles. The highest BCUT2D eigenvalue weighted by Gasteiger charge is 2.46. The van der Waals surface area contributed by atoms with Gasteiger partial charge in [0.15, 0.2) is 0 Å². The van der Waals surface area contributed by atoms with Gasteiger partial charge < -0.3 is 5.11 Å². The fraction of sp³-hybridized carbons (Fsp3) is 0.769. The van der Waals surface area contributed by atoms with Crippen molar-refractivity contribution in [1.29, 1.82) is 0 Å². The van der Waals surface area contributed by atoms with Gasteiger partial charge in [-0.1, -0.05) is 6.92 Å². The Kier molecular flexibility index (Phi) is 4.18. The molecule has 1 N–H and O–H groups in total. The van der Waals surface area contributed by atoms with Crippen LogP contribution in [0.5, 0.6) is 0 Å². The Morgan fingerprint density at radius 1 is 1.47 bits per heavy atom. The molecule has 19 heavy (non-hydrogen) atoms. The summed E-state index contributed by atoms with van der Waals surface area (Å²) in [6, 6.07) is 0. The van der Waals surface area contributed by atoms with Gasteiger partial charge in [0.1, 0.15) is 0 Å². The van der Waals surface area contributed by atoms with Gasteiger partial charge >= 0.3 is 5.97 Å². The summed E-state index contributed by atoms with van der Waals surface area (Å²) in [4.78, 5) is 35.8. The third kappa shape index (κ3) is 3.29. The van der Waals surface area contributed by atoms with Crippen LogP contribution in [0.4, 0.5) is 0 Å². The van der Waals surface area contributed by atoms with E-state index < -0.39 is 5.97 Å². The maximum Gasteiger partial charge on any atom is 0.303 e. The van der Waals surface area contributed by atoms with E-state index >= 15 is 0 Å². The topological polar surface area (TPSA) is 74.7 Å². The van der Waals surface area contributed by atoms with Crippen molar-refractivity contribution in [3.8, 4) is 0 Å². The summed E-state index contributed by atoms with van der Waals surface area (Å²) in [5.41, 5.74) is -0.127. The van der Waals surface area contributed by atoms with Crippen LogP contribution >= 0.6 is 11.8 Å². The molecular formula is C13H19NO4S. The molecular weight excluding hydrogens is 266 g/mol. The van der Waals surface area contributed by atoms with Crippen LogP contribution in [0.1, 0.15) is 39.0 Å². The zero-order chi connectivity index (χ0) is 14.0. The van der Waals surface area contributed by atoms with Gasteiger partial charge in [-0.05, 0) is 24.7 Å². The van der Waals surface area contributed by atoms with Gasteiger partial charge in [-0.25, -0.2) is 0 Å². The largest absolute Gasteiger partial charge is 0.481 e. The zero-order valence-electron chi connectivity index (χ0n) is 11.1. The highest BCUT2D eigenvalue weighted by atomic mass is 32.2. The fourth-order valence-electron chi connectivity index (χ4n) is 2.39. The molecule has 1 aliphatic heterocycles. The Hall–Kier alpha value is -1.04. The first-order valence-corrected chi connectivity index (χ1v) is 7.70. The molecule has 0 aromatic rings. The van der Waals surface area contributed by atoms with Gasteiger partial charge in [-0.3, -0.25) is 19.3 Å². The number of amides is 2. The molecule has 1 saturated heterocycles. The van der Waals surface area contributed by atoms with Gasteiger partial charge in [0.2, 0.25) is 11.8 Å². The van der Waals surface area contributed by atoms with Gasteiger partial charge in [0, 0.05) is 18.7 Å². The number of hydrogen-bond acceptors (Lipinski definition) is 4. The third-order valence-corrected chi connectivity index (χ3v) is 5.27. The molecule has 0 aromatic carbocycles. The Balaban J connectivity index is 1.86. The van der Waals surface area contributed by atoms with Crippen molar-refractivity contribution in [1.82, 2.24) is 4.90 Å². The summed E-state index contributed by atoms with van der Waals surface area (Å²) in [5.74, 6) is -0.293. The van der Waals surface area contributed by atoms with E-state index in [0.29, 0.717) is 12.3 Å². The molecule has 106 valence electrons. The van der Waals surface area contributed by atoms with Gasteiger partial charge in [-0.2, -0.15) is 0 Å². The van der Waals surface area contributed by atoms with E-state index in [1.165, 1.54) is 16.7 Å². The summed E-state index contributed by atoms with van der Waals surface area (Å²) in [6.07, 6.45) is 3.05. The first-order chi connectivity index (χ1) is 8.97. The minimum atomic E-state index is -0.778. The molecule has 1 heterocycles. The summed E-state index contributed by atoms with van der Waals surface area (Å²) < 4.78 is 0. The lowest BCUT2D eigenvalue weighted by atomic mass is 10.1. The van der Waals surface area contributed by atoms with Crippen LogP contribution in [0.2, 0.25) is 0 Å². The predicted molar refractivity (Wildman–Crippen MR) is 71.8 cm³/mol. The maximum atomic E-state index is 12.0. The van der Waals surface area contributed by atoms with E-state index in [0.717, 1.165) is 19.3 Å². The summed E-state index contributed by atoms with van der Waals surface area (Å²) in [6.45, 7) is 2.43. The number of carbonyl (C=O) groups is 3. The van der Waals surface area contributed by atoms with Crippen LogP contribution < -0.4 is 0 Å². The first-order valence-electron chi connectivity index (χ1n) is 6.65. The molecule has 2 rings (SSSR count). The number of likely N-dealkylation sites (tertiary alicyclic amines) is 1. The number of hydrogen-bond donors (Lipinski definition) is 1. The number of carboxylic acids is 1. The SMILES string of the molecule is CCCN1C(=O)CC(SCC2(CC(=O)O)CC2)C1=O. The van der Waals surface area contributed by atoms with E-state index in [4.69, 9.17) is 5.11 Å². The van der Waals surface area contributed by atoms with E-state index in [1.807, 2.05) is 6.92 Å². The molecule has 0 radical (unpaired) electrons. The quantitative estimate of drug-likeness (QED) is 0.718. The molecule has 2 aliphatic rings. The molecule has 5 nitrogen and oxygen atoms in total. The summed E-state index contributed by atoms with van der Waals surface area (Å²) >= 11 is 1.46. The van der Waals surface area contributed by atoms with Crippen molar-refractivity contribution in [2.75, 3.05) is 12.3 Å². The van der Waals surface area contributed by atoms with Crippen LogP contribution in [0.15, 0.2) is 0 Å². The number of aliphatic carboxylic acids is 1.